The molecule has 110 valence electrons. The molecule has 0 aliphatic carbocycles. The van der Waals surface area contributed by atoms with Gasteiger partial charge in [-0.05, 0) is 25.3 Å². The lowest BCUT2D eigenvalue weighted by molar-refractivity contribution is -0.0913. The molecule has 0 aliphatic rings. The van der Waals surface area contributed by atoms with Crippen molar-refractivity contribution in [3.8, 4) is 11.8 Å². The third-order valence-electron chi connectivity index (χ3n) is 2.40. The van der Waals surface area contributed by atoms with Gasteiger partial charge < -0.3 is 19.3 Å². The molecule has 2 unspecified atom stereocenters. The number of ether oxygens (including phenoxy) is 3. The van der Waals surface area contributed by atoms with Crippen molar-refractivity contribution in [3.63, 3.8) is 0 Å². The highest BCUT2D eigenvalue weighted by Crippen LogP contribution is 2.00. The summed E-state index contributed by atoms with van der Waals surface area (Å²) in [7, 11) is 1.63. The normalized spacial score (nSPS) is 14.4. The summed E-state index contributed by atoms with van der Waals surface area (Å²) in [5.41, 5.74) is 0. The van der Waals surface area contributed by atoms with Crippen molar-refractivity contribution in [1.82, 2.24) is 0 Å². The van der Waals surface area contributed by atoms with Gasteiger partial charge >= 0.3 is 0 Å². The summed E-state index contributed by atoms with van der Waals surface area (Å²) in [5, 5.41) is 9.46. The van der Waals surface area contributed by atoms with Crippen LogP contribution in [-0.4, -0.2) is 44.4 Å². The standard InChI is InChI=1S/C15H26O4/c1-13(2)15(16)9-7-5-6-8-14(3)19-12-18-11-10-17-4/h5-6,13-16H,8,10-12H2,1-4H3/b6-5+. The first kappa shape index (κ1) is 18.1. The molecule has 0 aromatic rings. The first-order valence-corrected chi connectivity index (χ1v) is 6.60. The maximum atomic E-state index is 9.46. The van der Waals surface area contributed by atoms with Gasteiger partial charge in [0.05, 0.1) is 19.3 Å². The van der Waals surface area contributed by atoms with E-state index in [9.17, 15) is 5.11 Å². The molecule has 2 atom stereocenters. The van der Waals surface area contributed by atoms with Gasteiger partial charge in [0.25, 0.3) is 0 Å². The van der Waals surface area contributed by atoms with Gasteiger partial charge in [0.2, 0.25) is 0 Å². The minimum absolute atomic E-state index is 0.0793. The summed E-state index contributed by atoms with van der Waals surface area (Å²) in [4.78, 5) is 0. The second-order valence-corrected chi connectivity index (χ2v) is 4.61. The smallest absolute Gasteiger partial charge is 0.147 e. The van der Waals surface area contributed by atoms with Gasteiger partial charge in [-0.1, -0.05) is 31.8 Å². The number of aliphatic hydroxyl groups excluding tert-OH is 1. The Morgan fingerprint density at radius 1 is 1.21 bits per heavy atom. The lowest BCUT2D eigenvalue weighted by Gasteiger charge is -2.10. The molecule has 0 aromatic heterocycles. The van der Waals surface area contributed by atoms with Crippen molar-refractivity contribution in [2.75, 3.05) is 27.1 Å². The summed E-state index contributed by atoms with van der Waals surface area (Å²) >= 11 is 0. The fourth-order valence-corrected chi connectivity index (χ4v) is 1.05. The van der Waals surface area contributed by atoms with Crippen LogP contribution in [0.1, 0.15) is 27.2 Å². The van der Waals surface area contributed by atoms with Crippen molar-refractivity contribution < 1.29 is 19.3 Å². The maximum Gasteiger partial charge on any atom is 0.147 e. The average molecular weight is 270 g/mol. The van der Waals surface area contributed by atoms with Gasteiger partial charge in [0, 0.05) is 7.11 Å². The van der Waals surface area contributed by atoms with Gasteiger partial charge in [0.15, 0.2) is 0 Å². The van der Waals surface area contributed by atoms with Crippen LogP contribution < -0.4 is 0 Å². The van der Waals surface area contributed by atoms with E-state index in [1.54, 1.807) is 13.2 Å². The number of hydrogen-bond donors (Lipinski definition) is 1. The van der Waals surface area contributed by atoms with Crippen LogP contribution in [0.4, 0.5) is 0 Å². The summed E-state index contributed by atoms with van der Waals surface area (Å²) < 4.78 is 15.5. The average Bonchev–Trinajstić information content (AvgIpc) is 2.37. The molecule has 0 amide bonds. The predicted octanol–water partition coefficient (Wildman–Crippen LogP) is 1.98. The van der Waals surface area contributed by atoms with E-state index in [0.29, 0.717) is 13.2 Å². The minimum atomic E-state index is -0.562. The Kier molecular flexibility index (Phi) is 11.6. The van der Waals surface area contributed by atoms with E-state index >= 15 is 0 Å². The zero-order chi connectivity index (χ0) is 14.5. The minimum Gasteiger partial charge on any atom is -0.382 e. The Bertz CT molecular complexity index is 288. The first-order chi connectivity index (χ1) is 9.07. The van der Waals surface area contributed by atoms with E-state index in [-0.39, 0.29) is 18.8 Å². The van der Waals surface area contributed by atoms with Crippen LogP contribution in [0.2, 0.25) is 0 Å². The van der Waals surface area contributed by atoms with Crippen molar-refractivity contribution in [3.05, 3.63) is 12.2 Å². The Balaban J connectivity index is 3.63. The summed E-state index contributed by atoms with van der Waals surface area (Å²) in [6, 6.07) is 0. The van der Waals surface area contributed by atoms with E-state index < -0.39 is 6.10 Å². The molecule has 0 spiro atoms. The molecule has 4 heteroatoms. The SMILES string of the molecule is COCCOCOC(C)C/C=C/C#CC(O)C(C)C. The van der Waals surface area contributed by atoms with Crippen LogP contribution in [0.15, 0.2) is 12.2 Å². The molecule has 0 fully saturated rings. The Morgan fingerprint density at radius 3 is 2.58 bits per heavy atom. The molecular weight excluding hydrogens is 244 g/mol. The van der Waals surface area contributed by atoms with Gasteiger partial charge in [-0.25, -0.2) is 0 Å². The summed E-state index contributed by atoms with van der Waals surface area (Å²) in [5.74, 6) is 5.74. The van der Waals surface area contributed by atoms with Crippen molar-refractivity contribution >= 4 is 0 Å². The maximum absolute atomic E-state index is 9.46. The number of hydrogen-bond acceptors (Lipinski definition) is 4. The largest absolute Gasteiger partial charge is 0.382 e. The van der Waals surface area contributed by atoms with Crippen molar-refractivity contribution in [2.24, 2.45) is 5.92 Å². The van der Waals surface area contributed by atoms with Crippen LogP contribution >= 0.6 is 0 Å². The molecule has 1 N–H and O–H groups in total. The monoisotopic (exact) mass is 270 g/mol. The highest BCUT2D eigenvalue weighted by atomic mass is 16.7. The Labute approximate surface area is 116 Å². The van der Waals surface area contributed by atoms with Gasteiger partial charge in [-0.15, -0.1) is 0 Å². The van der Waals surface area contributed by atoms with Crippen LogP contribution in [0, 0.1) is 17.8 Å². The first-order valence-electron chi connectivity index (χ1n) is 6.60. The van der Waals surface area contributed by atoms with E-state index in [1.165, 1.54) is 0 Å². The molecule has 0 aromatic carbocycles. The quantitative estimate of drug-likeness (QED) is 0.395. The molecule has 0 saturated heterocycles. The third-order valence-corrected chi connectivity index (χ3v) is 2.40. The highest BCUT2D eigenvalue weighted by Gasteiger charge is 2.02. The molecule has 0 heterocycles. The fourth-order valence-electron chi connectivity index (χ4n) is 1.05. The van der Waals surface area contributed by atoms with Crippen LogP contribution in [0.5, 0.6) is 0 Å². The second kappa shape index (κ2) is 12.2. The second-order valence-electron chi connectivity index (χ2n) is 4.61. The molecule has 19 heavy (non-hydrogen) atoms. The van der Waals surface area contributed by atoms with Crippen LogP contribution in [-0.2, 0) is 14.2 Å². The highest BCUT2D eigenvalue weighted by molar-refractivity contribution is 5.18. The van der Waals surface area contributed by atoms with E-state index in [1.807, 2.05) is 26.8 Å². The molecular formula is C15H26O4. The van der Waals surface area contributed by atoms with Crippen LogP contribution in [0.3, 0.4) is 0 Å². The summed E-state index contributed by atoms with van der Waals surface area (Å²) in [6.45, 7) is 7.23. The Morgan fingerprint density at radius 2 is 1.95 bits per heavy atom. The molecule has 0 aliphatic heterocycles. The number of aliphatic hydroxyl groups is 1. The van der Waals surface area contributed by atoms with E-state index in [0.717, 1.165) is 6.42 Å². The van der Waals surface area contributed by atoms with Gasteiger partial charge in [-0.3, -0.25) is 0 Å². The van der Waals surface area contributed by atoms with E-state index in [2.05, 4.69) is 11.8 Å². The van der Waals surface area contributed by atoms with E-state index in [4.69, 9.17) is 14.2 Å². The zero-order valence-corrected chi connectivity index (χ0v) is 12.4. The van der Waals surface area contributed by atoms with Gasteiger partial charge in [-0.2, -0.15) is 0 Å². The van der Waals surface area contributed by atoms with Crippen molar-refractivity contribution in [1.29, 1.82) is 0 Å². The summed E-state index contributed by atoms with van der Waals surface area (Å²) in [6.07, 6.45) is 3.96. The molecule has 4 nitrogen and oxygen atoms in total. The number of methoxy groups -OCH3 is 1. The molecule has 0 rings (SSSR count). The molecule has 0 bridgehead atoms. The lowest BCUT2D eigenvalue weighted by atomic mass is 10.1. The van der Waals surface area contributed by atoms with Crippen molar-refractivity contribution in [2.45, 2.75) is 39.4 Å². The number of allylic oxidation sites excluding steroid dienone is 1. The lowest BCUT2D eigenvalue weighted by Crippen LogP contribution is -2.12. The molecule has 0 saturated carbocycles. The molecule has 0 radical (unpaired) electrons. The predicted molar refractivity (Wildman–Crippen MR) is 75.6 cm³/mol. The number of rotatable bonds is 9. The Hall–Kier alpha value is -0.860. The van der Waals surface area contributed by atoms with Gasteiger partial charge in [0.1, 0.15) is 12.9 Å². The van der Waals surface area contributed by atoms with Crippen LogP contribution in [0.25, 0.3) is 0 Å². The topological polar surface area (TPSA) is 47.9 Å². The zero-order valence-electron chi connectivity index (χ0n) is 12.4. The third kappa shape index (κ3) is 11.9. The fraction of sp³-hybridized carbons (Fsp3) is 0.733.